The lowest BCUT2D eigenvalue weighted by molar-refractivity contribution is -0.200. The van der Waals surface area contributed by atoms with E-state index in [0.717, 1.165) is 37.4 Å². The van der Waals surface area contributed by atoms with Crippen molar-refractivity contribution in [1.82, 2.24) is 9.80 Å². The molecule has 166 valence electrons. The summed E-state index contributed by atoms with van der Waals surface area (Å²) in [6, 6.07) is 5.40. The van der Waals surface area contributed by atoms with Gasteiger partial charge in [0.2, 0.25) is 0 Å². The number of benzene rings is 1. The largest absolute Gasteiger partial charge is 0.478 e. The van der Waals surface area contributed by atoms with Crippen LogP contribution in [0.4, 0.5) is 18.0 Å². The summed E-state index contributed by atoms with van der Waals surface area (Å²) < 4.78 is 42.5. The minimum absolute atomic E-state index is 0.174. The highest BCUT2D eigenvalue weighted by Crippen LogP contribution is 2.40. The molecule has 9 heteroatoms. The minimum Gasteiger partial charge on any atom is -0.478 e. The zero-order valence-corrected chi connectivity index (χ0v) is 17.2. The van der Waals surface area contributed by atoms with E-state index in [0.29, 0.717) is 38.0 Å². The zero-order valence-electron chi connectivity index (χ0n) is 17.2. The van der Waals surface area contributed by atoms with E-state index in [-0.39, 0.29) is 5.54 Å². The van der Waals surface area contributed by atoms with E-state index in [2.05, 4.69) is 9.64 Å². The number of hydrogen-bond donors (Lipinski definition) is 1. The third kappa shape index (κ3) is 4.71. The number of ether oxygens (including phenoxy) is 1. The second-order valence-electron chi connectivity index (χ2n) is 8.27. The average molecular weight is 428 g/mol. The Labute approximate surface area is 173 Å². The third-order valence-corrected chi connectivity index (χ3v) is 6.29. The van der Waals surface area contributed by atoms with Crippen LogP contribution in [0.2, 0.25) is 0 Å². The molecule has 1 spiro atoms. The van der Waals surface area contributed by atoms with Gasteiger partial charge in [-0.25, -0.2) is 9.59 Å². The van der Waals surface area contributed by atoms with Gasteiger partial charge in [0.25, 0.3) is 0 Å². The maximum atomic E-state index is 12.6. The molecule has 2 aliphatic heterocycles. The maximum Gasteiger partial charge on any atom is 0.425 e. The number of piperidine rings is 1. The Bertz CT molecular complexity index is 804. The van der Waals surface area contributed by atoms with Crippen molar-refractivity contribution >= 4 is 12.1 Å². The van der Waals surface area contributed by atoms with Crippen LogP contribution >= 0.6 is 0 Å². The molecule has 1 unspecified atom stereocenters. The van der Waals surface area contributed by atoms with E-state index >= 15 is 0 Å². The van der Waals surface area contributed by atoms with E-state index in [4.69, 9.17) is 0 Å². The molecule has 2 heterocycles. The highest BCUT2D eigenvalue weighted by Gasteiger charge is 2.45. The van der Waals surface area contributed by atoms with Crippen molar-refractivity contribution in [1.29, 1.82) is 0 Å². The van der Waals surface area contributed by atoms with Crippen LogP contribution in [0.25, 0.3) is 0 Å². The summed E-state index contributed by atoms with van der Waals surface area (Å²) >= 11 is 0. The number of nitrogens with zero attached hydrogens (tertiary/aromatic N) is 2. The molecule has 2 fully saturated rings. The lowest BCUT2D eigenvalue weighted by atomic mass is 9.84. The molecule has 6 nitrogen and oxygen atoms in total. The fourth-order valence-corrected chi connectivity index (χ4v) is 4.44. The molecule has 30 heavy (non-hydrogen) atoms. The molecule has 0 aliphatic carbocycles. The van der Waals surface area contributed by atoms with Gasteiger partial charge in [-0.3, -0.25) is 4.90 Å². The number of alkyl halides is 3. The SMILES string of the molecule is Cc1ccc(CN2CCCC23CCN(C(=O)OC(C)C(F)(F)F)CC3)c(C(=O)O)c1. The van der Waals surface area contributed by atoms with Crippen LogP contribution in [0.15, 0.2) is 18.2 Å². The van der Waals surface area contributed by atoms with Crippen molar-refractivity contribution in [3.05, 3.63) is 34.9 Å². The maximum absolute atomic E-state index is 12.6. The van der Waals surface area contributed by atoms with Gasteiger partial charge in [-0.2, -0.15) is 13.2 Å². The first-order valence-electron chi connectivity index (χ1n) is 10.1. The van der Waals surface area contributed by atoms with Crippen LogP contribution in [0.5, 0.6) is 0 Å². The molecule has 2 aliphatic rings. The number of aryl methyl sites for hydroxylation is 1. The number of rotatable bonds is 4. The first-order valence-corrected chi connectivity index (χ1v) is 10.1. The van der Waals surface area contributed by atoms with Crippen molar-refractivity contribution in [3.8, 4) is 0 Å². The number of amides is 1. The Balaban J connectivity index is 1.66. The van der Waals surface area contributed by atoms with Crippen LogP contribution in [-0.4, -0.2) is 64.4 Å². The van der Waals surface area contributed by atoms with Gasteiger partial charge in [0.1, 0.15) is 0 Å². The minimum atomic E-state index is -4.58. The summed E-state index contributed by atoms with van der Waals surface area (Å²) in [5, 5.41) is 9.53. The van der Waals surface area contributed by atoms with Crippen LogP contribution in [-0.2, 0) is 11.3 Å². The molecule has 1 aromatic carbocycles. The predicted octanol–water partition coefficient (Wildman–Crippen LogP) is 4.21. The number of carbonyl (C=O) groups excluding carboxylic acids is 1. The molecule has 3 rings (SSSR count). The van der Waals surface area contributed by atoms with Crippen LogP contribution in [0, 0.1) is 6.92 Å². The number of halogens is 3. The molecular formula is C21H27F3N2O4. The molecule has 0 bridgehead atoms. The Morgan fingerprint density at radius 2 is 1.87 bits per heavy atom. The second-order valence-corrected chi connectivity index (χ2v) is 8.27. The first kappa shape index (κ1) is 22.4. The summed E-state index contributed by atoms with van der Waals surface area (Å²) in [7, 11) is 0. The second kappa shape index (κ2) is 8.45. The number of carboxylic acids is 1. The van der Waals surface area contributed by atoms with Gasteiger partial charge in [0, 0.05) is 25.2 Å². The number of hydrogen-bond acceptors (Lipinski definition) is 4. The van der Waals surface area contributed by atoms with Crippen LogP contribution in [0.1, 0.15) is 54.1 Å². The normalized spacial score (nSPS) is 20.4. The van der Waals surface area contributed by atoms with Gasteiger partial charge in [0.05, 0.1) is 5.56 Å². The van der Waals surface area contributed by atoms with Gasteiger partial charge >= 0.3 is 18.2 Å². The first-order chi connectivity index (χ1) is 14.0. The van der Waals surface area contributed by atoms with E-state index in [9.17, 15) is 27.9 Å². The Kier molecular flexibility index (Phi) is 6.31. The monoisotopic (exact) mass is 428 g/mol. The smallest absolute Gasteiger partial charge is 0.425 e. The molecule has 0 radical (unpaired) electrons. The highest BCUT2D eigenvalue weighted by molar-refractivity contribution is 5.89. The van der Waals surface area contributed by atoms with Gasteiger partial charge in [-0.05, 0) is 57.7 Å². The Hall–Kier alpha value is -2.29. The Morgan fingerprint density at radius 3 is 2.47 bits per heavy atom. The quantitative estimate of drug-likeness (QED) is 0.778. The van der Waals surface area contributed by atoms with Crippen LogP contribution in [0.3, 0.4) is 0 Å². The van der Waals surface area contributed by atoms with Crippen molar-refractivity contribution in [2.24, 2.45) is 0 Å². The third-order valence-electron chi connectivity index (χ3n) is 6.29. The van der Waals surface area contributed by atoms with Gasteiger partial charge in [0.15, 0.2) is 6.10 Å². The van der Waals surface area contributed by atoms with E-state index in [1.165, 1.54) is 4.90 Å². The predicted molar refractivity (Wildman–Crippen MR) is 103 cm³/mol. The summed E-state index contributed by atoms with van der Waals surface area (Å²) in [6.45, 7) is 4.63. The van der Waals surface area contributed by atoms with E-state index < -0.39 is 24.3 Å². The number of carboxylic acid groups (broad SMARTS) is 1. The molecule has 0 aromatic heterocycles. The van der Waals surface area contributed by atoms with E-state index in [1.54, 1.807) is 6.07 Å². The summed E-state index contributed by atoms with van der Waals surface area (Å²) in [6.07, 6.45) is -4.53. The molecule has 1 atom stereocenters. The number of aromatic carboxylic acids is 1. The summed E-state index contributed by atoms with van der Waals surface area (Å²) in [5.74, 6) is -0.960. The van der Waals surface area contributed by atoms with Crippen molar-refractivity contribution in [2.45, 2.75) is 63.9 Å². The lowest BCUT2D eigenvalue weighted by Gasteiger charge is -2.45. The highest BCUT2D eigenvalue weighted by atomic mass is 19.4. The molecule has 1 amide bonds. The van der Waals surface area contributed by atoms with Crippen molar-refractivity contribution in [3.63, 3.8) is 0 Å². The number of likely N-dealkylation sites (tertiary alicyclic amines) is 2. The molecule has 0 saturated carbocycles. The summed E-state index contributed by atoms with van der Waals surface area (Å²) in [4.78, 5) is 27.3. The van der Waals surface area contributed by atoms with Crippen molar-refractivity contribution < 1.29 is 32.6 Å². The van der Waals surface area contributed by atoms with Gasteiger partial charge in [-0.1, -0.05) is 17.7 Å². The Morgan fingerprint density at radius 1 is 1.20 bits per heavy atom. The summed E-state index contributed by atoms with van der Waals surface area (Å²) in [5.41, 5.74) is 1.74. The molecular weight excluding hydrogens is 401 g/mol. The van der Waals surface area contributed by atoms with Gasteiger partial charge in [-0.15, -0.1) is 0 Å². The zero-order chi connectivity index (χ0) is 22.1. The van der Waals surface area contributed by atoms with Crippen molar-refractivity contribution in [2.75, 3.05) is 19.6 Å². The molecule has 1 N–H and O–H groups in total. The fourth-order valence-electron chi connectivity index (χ4n) is 4.44. The fraction of sp³-hybridized carbons (Fsp3) is 0.619. The van der Waals surface area contributed by atoms with Gasteiger partial charge < -0.3 is 14.7 Å². The molecule has 1 aromatic rings. The average Bonchev–Trinajstić information content (AvgIpc) is 3.04. The van der Waals surface area contributed by atoms with E-state index in [1.807, 2.05) is 19.1 Å². The van der Waals surface area contributed by atoms with Crippen LogP contribution < -0.4 is 0 Å². The number of carbonyl (C=O) groups is 2. The molecule has 2 saturated heterocycles. The topological polar surface area (TPSA) is 70.1 Å². The standard InChI is InChI=1S/C21H27F3N2O4/c1-14-4-5-16(17(12-14)18(27)28)13-26-9-3-6-20(26)7-10-25(11-8-20)19(29)30-15(2)21(22,23)24/h4-5,12,15H,3,6-11,13H2,1-2H3,(H,27,28). The lowest BCUT2D eigenvalue weighted by Crippen LogP contribution is -2.53.